The van der Waals surface area contributed by atoms with Crippen molar-refractivity contribution in [2.75, 3.05) is 0 Å². The largest absolute Gasteiger partial charge is 0.465 e. The van der Waals surface area contributed by atoms with Crippen molar-refractivity contribution < 1.29 is 19.9 Å². The first-order chi connectivity index (χ1) is 4.57. The molecule has 0 atom stereocenters. The Morgan fingerprint density at radius 1 is 1.50 bits per heavy atom. The number of nitrogens with two attached hydrogens (primary N) is 1. The number of amidine groups is 1. The van der Waals surface area contributed by atoms with Gasteiger partial charge in [0.05, 0.1) is 0 Å². The minimum Gasteiger partial charge on any atom is -0.465 e. The van der Waals surface area contributed by atoms with Crippen LogP contribution in [0.1, 0.15) is 0 Å². The van der Waals surface area contributed by atoms with E-state index in [1.54, 1.807) is 0 Å². The summed E-state index contributed by atoms with van der Waals surface area (Å²) >= 11 is 0. The molecule has 0 rings (SSSR count). The Bertz CT molecular complexity index is 186. The van der Waals surface area contributed by atoms with Gasteiger partial charge in [0.1, 0.15) is 0 Å². The first kappa shape index (κ1) is 8.21. The zero-order valence-electron chi connectivity index (χ0n) is 4.74. The smallest absolute Gasteiger partial charge is 0.410 e. The molecule has 0 radical (unpaired) electrons. The van der Waals surface area contributed by atoms with Crippen molar-refractivity contribution in [1.82, 2.24) is 5.32 Å². The monoisotopic (exact) mass is 147 g/mol. The average molecular weight is 147 g/mol. The maximum absolute atomic E-state index is 10.1. The summed E-state index contributed by atoms with van der Waals surface area (Å²) in [5.74, 6) is -1.96. The molecule has 2 amide bonds. The minimum atomic E-state index is -1.52. The number of carbonyl (C=O) groups is 2. The molecule has 7 heteroatoms. The number of carbonyl (C=O) groups excluding carboxylic acids is 1. The van der Waals surface area contributed by atoms with Gasteiger partial charge < -0.3 is 16.0 Å². The van der Waals surface area contributed by atoms with E-state index in [1.165, 1.54) is 5.32 Å². The predicted octanol–water partition coefficient (Wildman–Crippen LogP) is -1.47. The number of rotatable bonds is 0. The molecule has 56 valence electrons. The predicted molar refractivity (Wildman–Crippen MR) is 29.6 cm³/mol. The molecule has 10 heavy (non-hydrogen) atoms. The summed E-state index contributed by atoms with van der Waals surface area (Å²) in [7, 11) is 0. The Labute approximate surface area is 55.1 Å². The molecule has 0 aliphatic carbocycles. The summed E-state index contributed by atoms with van der Waals surface area (Å²) < 4.78 is 0. The van der Waals surface area contributed by atoms with Crippen LogP contribution in [0.4, 0.5) is 4.79 Å². The van der Waals surface area contributed by atoms with E-state index in [2.05, 4.69) is 10.9 Å². The fourth-order valence-corrected chi connectivity index (χ4v) is 0.237. The fraction of sp³-hybridized carbons (Fsp3) is 0. The van der Waals surface area contributed by atoms with Crippen molar-refractivity contribution in [1.29, 1.82) is 0 Å². The lowest BCUT2D eigenvalue weighted by Gasteiger charge is -1.95. The molecule has 5 N–H and O–H groups in total. The van der Waals surface area contributed by atoms with Crippen molar-refractivity contribution >= 4 is 17.8 Å². The van der Waals surface area contributed by atoms with E-state index in [1.807, 2.05) is 0 Å². The van der Waals surface area contributed by atoms with Gasteiger partial charge in [-0.1, -0.05) is 5.16 Å². The number of nitrogens with one attached hydrogen (secondary N) is 1. The van der Waals surface area contributed by atoms with Gasteiger partial charge in [0.25, 0.3) is 5.91 Å². The van der Waals surface area contributed by atoms with Gasteiger partial charge in [-0.25, -0.2) is 4.79 Å². The van der Waals surface area contributed by atoms with Gasteiger partial charge in [0, 0.05) is 0 Å². The lowest BCUT2D eigenvalue weighted by Crippen LogP contribution is -2.39. The molecule has 0 fully saturated rings. The Morgan fingerprint density at radius 2 is 2.00 bits per heavy atom. The quantitative estimate of drug-likeness (QED) is 0.144. The van der Waals surface area contributed by atoms with Gasteiger partial charge in [-0.2, -0.15) is 0 Å². The first-order valence-corrected chi connectivity index (χ1v) is 2.09. The summed E-state index contributed by atoms with van der Waals surface area (Å²) in [5, 5.41) is 19.6. The molecule has 0 spiro atoms. The molecule has 0 aliphatic rings. The van der Waals surface area contributed by atoms with Crippen molar-refractivity contribution in [3.8, 4) is 0 Å². The number of nitrogens with zero attached hydrogens (tertiary/aromatic N) is 1. The highest BCUT2D eigenvalue weighted by Crippen LogP contribution is 1.69. The van der Waals surface area contributed by atoms with Gasteiger partial charge >= 0.3 is 6.09 Å². The Hall–Kier alpha value is -1.79. The molecule has 0 aromatic heterocycles. The van der Waals surface area contributed by atoms with Crippen molar-refractivity contribution in [3.63, 3.8) is 0 Å². The van der Waals surface area contributed by atoms with Gasteiger partial charge in [0.2, 0.25) is 5.84 Å². The van der Waals surface area contributed by atoms with Crippen LogP contribution in [0.5, 0.6) is 0 Å². The highest BCUT2D eigenvalue weighted by atomic mass is 16.4. The lowest BCUT2D eigenvalue weighted by atomic mass is 10.6. The highest BCUT2D eigenvalue weighted by Gasteiger charge is 2.09. The minimum absolute atomic E-state index is 0.812. The third kappa shape index (κ3) is 2.50. The van der Waals surface area contributed by atoms with E-state index in [0.717, 1.165) is 0 Å². The van der Waals surface area contributed by atoms with Gasteiger partial charge in [-0.15, -0.1) is 0 Å². The molecular weight excluding hydrogens is 142 g/mol. The van der Waals surface area contributed by atoms with Crippen LogP contribution in [0.15, 0.2) is 5.16 Å². The molecule has 7 nitrogen and oxygen atoms in total. The van der Waals surface area contributed by atoms with E-state index in [-0.39, 0.29) is 0 Å². The standard InChI is InChI=1S/C3H5N3O4/c4-1(7)2(6-10)5-3(8)9/h10H,(H2,4,7)(H,5,6)(H,8,9). The second-order valence-electron chi connectivity index (χ2n) is 1.24. The van der Waals surface area contributed by atoms with Crippen LogP contribution >= 0.6 is 0 Å². The second kappa shape index (κ2) is 3.28. The van der Waals surface area contributed by atoms with Crippen LogP contribution < -0.4 is 11.1 Å². The molecular formula is C3H5N3O4. The number of carboxylic acid groups (broad SMARTS) is 1. The number of primary amides is 1. The maximum Gasteiger partial charge on any atom is 0.410 e. The van der Waals surface area contributed by atoms with Crippen LogP contribution in [0.3, 0.4) is 0 Å². The number of oxime groups is 1. The number of hydrogen-bond acceptors (Lipinski definition) is 4. The summed E-state index contributed by atoms with van der Waals surface area (Å²) in [5.41, 5.74) is 4.54. The Kier molecular flexibility index (Phi) is 2.69. The topological polar surface area (TPSA) is 125 Å². The third-order valence-corrected chi connectivity index (χ3v) is 0.559. The van der Waals surface area contributed by atoms with Crippen molar-refractivity contribution in [3.05, 3.63) is 0 Å². The molecule has 0 unspecified atom stereocenters. The normalized spacial score (nSPS) is 10.6. The SMILES string of the molecule is NC(=O)/C(=N\O)NC(=O)O. The summed E-state index contributed by atoms with van der Waals surface area (Å²) in [6.07, 6.45) is -1.52. The number of hydrogen-bond donors (Lipinski definition) is 4. The van der Waals surface area contributed by atoms with E-state index in [0.29, 0.717) is 0 Å². The summed E-state index contributed by atoms with van der Waals surface area (Å²) in [6.45, 7) is 0. The van der Waals surface area contributed by atoms with Crippen molar-refractivity contribution in [2.24, 2.45) is 10.9 Å². The first-order valence-electron chi connectivity index (χ1n) is 2.09. The van der Waals surface area contributed by atoms with E-state index >= 15 is 0 Å². The summed E-state index contributed by atoms with van der Waals surface area (Å²) in [6, 6.07) is 0. The van der Waals surface area contributed by atoms with Crippen LogP contribution in [-0.4, -0.2) is 28.1 Å². The van der Waals surface area contributed by atoms with Gasteiger partial charge in [-0.3, -0.25) is 10.1 Å². The van der Waals surface area contributed by atoms with E-state index < -0.39 is 17.8 Å². The Morgan fingerprint density at radius 3 is 2.10 bits per heavy atom. The van der Waals surface area contributed by atoms with Crippen LogP contribution in [-0.2, 0) is 4.79 Å². The van der Waals surface area contributed by atoms with Crippen molar-refractivity contribution in [2.45, 2.75) is 0 Å². The molecule has 0 saturated carbocycles. The number of amides is 2. The lowest BCUT2D eigenvalue weighted by molar-refractivity contribution is -0.112. The molecule has 0 heterocycles. The molecule has 0 aromatic carbocycles. The highest BCUT2D eigenvalue weighted by molar-refractivity contribution is 6.39. The second-order valence-corrected chi connectivity index (χ2v) is 1.24. The molecule has 0 saturated heterocycles. The van der Waals surface area contributed by atoms with Crippen LogP contribution in [0, 0.1) is 0 Å². The van der Waals surface area contributed by atoms with E-state index in [4.69, 9.17) is 10.3 Å². The van der Waals surface area contributed by atoms with E-state index in [9.17, 15) is 9.59 Å². The van der Waals surface area contributed by atoms with Crippen LogP contribution in [0.25, 0.3) is 0 Å². The maximum atomic E-state index is 10.1. The molecule has 0 aliphatic heterocycles. The Balaban J connectivity index is 4.12. The molecule has 0 aromatic rings. The van der Waals surface area contributed by atoms with Gasteiger partial charge in [-0.05, 0) is 0 Å². The molecule has 0 bridgehead atoms. The van der Waals surface area contributed by atoms with Crippen LogP contribution in [0.2, 0.25) is 0 Å². The summed E-state index contributed by atoms with van der Waals surface area (Å²) in [4.78, 5) is 19.8. The van der Waals surface area contributed by atoms with Gasteiger partial charge in [0.15, 0.2) is 0 Å². The zero-order chi connectivity index (χ0) is 8.15. The third-order valence-electron chi connectivity index (χ3n) is 0.559. The zero-order valence-corrected chi connectivity index (χ0v) is 4.74. The average Bonchev–Trinajstić information content (AvgIpc) is 1.81. The fourth-order valence-electron chi connectivity index (χ4n) is 0.237.